The van der Waals surface area contributed by atoms with E-state index in [0.717, 1.165) is 28.0 Å². The van der Waals surface area contributed by atoms with Crippen molar-refractivity contribution in [2.75, 3.05) is 40.3 Å². The summed E-state index contributed by atoms with van der Waals surface area (Å²) in [5, 5.41) is 3.07. The number of piperazine rings is 1. The van der Waals surface area contributed by atoms with Gasteiger partial charge in [-0.2, -0.15) is 4.31 Å². The highest BCUT2D eigenvalue weighted by atomic mass is 32.2. The minimum atomic E-state index is -3.66. The lowest BCUT2D eigenvalue weighted by atomic mass is 9.93. The molecule has 1 N–H and O–H groups in total. The molecular formula is C26H37N3O4S. The van der Waals surface area contributed by atoms with E-state index in [1.54, 1.807) is 19.2 Å². The van der Waals surface area contributed by atoms with Gasteiger partial charge in [0.15, 0.2) is 0 Å². The van der Waals surface area contributed by atoms with Crippen molar-refractivity contribution < 1.29 is 17.9 Å². The number of hydrogen-bond acceptors (Lipinski definition) is 5. The highest BCUT2D eigenvalue weighted by Gasteiger charge is 2.28. The first-order valence-electron chi connectivity index (χ1n) is 11.7. The maximum atomic E-state index is 13.3. The number of carbonyl (C=O) groups is 1. The molecule has 0 saturated carbocycles. The van der Waals surface area contributed by atoms with Crippen molar-refractivity contribution in [3.8, 4) is 5.75 Å². The Bertz CT molecular complexity index is 1150. The summed E-state index contributed by atoms with van der Waals surface area (Å²) in [6, 6.07) is 8.63. The van der Waals surface area contributed by atoms with Crippen LogP contribution in [-0.4, -0.2) is 63.9 Å². The van der Waals surface area contributed by atoms with Crippen LogP contribution in [0.4, 0.5) is 0 Å². The molecule has 3 rings (SSSR count). The molecule has 1 atom stereocenters. The summed E-state index contributed by atoms with van der Waals surface area (Å²) in [6.07, 6.45) is 0. The first kappa shape index (κ1) is 26.2. The molecule has 1 saturated heterocycles. The Balaban J connectivity index is 1.86. The number of aryl methyl sites for hydroxylation is 2. The number of rotatable bonds is 7. The molecule has 1 aliphatic heterocycles. The van der Waals surface area contributed by atoms with Crippen molar-refractivity contribution in [1.82, 2.24) is 14.5 Å². The largest absolute Gasteiger partial charge is 0.496 e. The second-order valence-electron chi connectivity index (χ2n) is 9.48. The molecule has 7 nitrogen and oxygen atoms in total. The van der Waals surface area contributed by atoms with Gasteiger partial charge in [-0.3, -0.25) is 4.79 Å². The van der Waals surface area contributed by atoms with E-state index < -0.39 is 10.0 Å². The second kappa shape index (κ2) is 10.5. The number of carbonyl (C=O) groups excluding carboxylic acids is 1. The maximum Gasteiger partial charge on any atom is 0.252 e. The van der Waals surface area contributed by atoms with E-state index in [-0.39, 0.29) is 22.8 Å². The van der Waals surface area contributed by atoms with E-state index in [2.05, 4.69) is 30.1 Å². The van der Waals surface area contributed by atoms with Crippen molar-refractivity contribution in [3.05, 3.63) is 58.1 Å². The monoisotopic (exact) mass is 487 g/mol. The maximum absolute atomic E-state index is 13.3. The Kier molecular flexibility index (Phi) is 8.06. The standard InChI is InChI=1S/C26H37N3O4S/c1-17(2)22-16-23(19(4)14-25(22)33-7)20(5)27-26(30)24-15-21(9-8-18(24)3)34(31,32)29-12-10-28(6)11-13-29/h8-9,14-17,20H,10-13H2,1-7H3,(H,27,30)/t20-/m1/s1. The van der Waals surface area contributed by atoms with Gasteiger partial charge in [0.2, 0.25) is 10.0 Å². The fourth-order valence-corrected chi connectivity index (χ4v) is 5.80. The van der Waals surface area contributed by atoms with Crippen LogP contribution in [0.2, 0.25) is 0 Å². The summed E-state index contributed by atoms with van der Waals surface area (Å²) < 4.78 is 33.4. The number of amides is 1. The molecule has 0 radical (unpaired) electrons. The van der Waals surface area contributed by atoms with Crippen LogP contribution in [0.25, 0.3) is 0 Å². The van der Waals surface area contributed by atoms with Crippen LogP contribution in [0.3, 0.4) is 0 Å². The Morgan fingerprint density at radius 1 is 0.971 bits per heavy atom. The third-order valence-electron chi connectivity index (χ3n) is 6.61. The average molecular weight is 488 g/mol. The molecule has 0 spiro atoms. The molecule has 2 aromatic rings. The number of benzene rings is 2. The fourth-order valence-electron chi connectivity index (χ4n) is 4.35. The van der Waals surface area contributed by atoms with Gasteiger partial charge in [-0.1, -0.05) is 19.9 Å². The van der Waals surface area contributed by atoms with Crippen LogP contribution in [0, 0.1) is 13.8 Å². The van der Waals surface area contributed by atoms with Gasteiger partial charge in [-0.05, 0) is 80.3 Å². The number of nitrogens with one attached hydrogen (secondary N) is 1. The van der Waals surface area contributed by atoms with Crippen molar-refractivity contribution >= 4 is 15.9 Å². The zero-order valence-electron chi connectivity index (χ0n) is 21.3. The molecule has 8 heteroatoms. The van der Waals surface area contributed by atoms with Crippen molar-refractivity contribution in [3.63, 3.8) is 0 Å². The molecule has 186 valence electrons. The number of nitrogens with zero attached hydrogens (tertiary/aromatic N) is 2. The second-order valence-corrected chi connectivity index (χ2v) is 11.4. The van der Waals surface area contributed by atoms with Crippen molar-refractivity contribution in [2.45, 2.75) is 51.5 Å². The Labute approximate surface area is 204 Å². The minimum Gasteiger partial charge on any atom is -0.496 e. The molecular weight excluding hydrogens is 450 g/mol. The molecule has 1 aliphatic rings. The molecule has 0 unspecified atom stereocenters. The molecule has 1 heterocycles. The Hall–Kier alpha value is -2.42. The SMILES string of the molecule is COc1cc(C)c([C@@H](C)NC(=O)c2cc(S(=O)(=O)N3CCN(C)CC3)ccc2C)cc1C(C)C. The van der Waals surface area contributed by atoms with E-state index in [0.29, 0.717) is 31.7 Å². The smallest absolute Gasteiger partial charge is 0.252 e. The van der Waals surface area contributed by atoms with Gasteiger partial charge in [0.25, 0.3) is 5.91 Å². The number of methoxy groups -OCH3 is 1. The summed E-state index contributed by atoms with van der Waals surface area (Å²) in [7, 11) is -0.0112. The minimum absolute atomic E-state index is 0.156. The van der Waals surface area contributed by atoms with Gasteiger partial charge >= 0.3 is 0 Å². The molecule has 2 aromatic carbocycles. The molecule has 34 heavy (non-hydrogen) atoms. The Morgan fingerprint density at radius 3 is 2.21 bits per heavy atom. The molecule has 0 bridgehead atoms. The summed E-state index contributed by atoms with van der Waals surface area (Å²) >= 11 is 0. The zero-order valence-corrected chi connectivity index (χ0v) is 22.1. The van der Waals surface area contributed by atoms with E-state index >= 15 is 0 Å². The summed E-state index contributed by atoms with van der Waals surface area (Å²) in [6.45, 7) is 12.2. The first-order chi connectivity index (χ1) is 15.9. The van der Waals surface area contributed by atoms with Gasteiger partial charge in [-0.25, -0.2) is 8.42 Å². The average Bonchev–Trinajstić information content (AvgIpc) is 2.78. The van der Waals surface area contributed by atoms with Crippen molar-refractivity contribution in [1.29, 1.82) is 0 Å². The lowest BCUT2D eigenvalue weighted by molar-refractivity contribution is 0.0939. The van der Waals surface area contributed by atoms with Gasteiger partial charge in [-0.15, -0.1) is 0 Å². The van der Waals surface area contributed by atoms with Gasteiger partial charge in [0.1, 0.15) is 5.75 Å². The number of ether oxygens (including phenoxy) is 1. The molecule has 0 aromatic heterocycles. The summed E-state index contributed by atoms with van der Waals surface area (Å²) in [5.74, 6) is 0.824. The zero-order chi connectivity index (χ0) is 25.2. The fraction of sp³-hybridized carbons (Fsp3) is 0.500. The van der Waals surface area contributed by atoms with Gasteiger partial charge < -0.3 is 15.0 Å². The van der Waals surface area contributed by atoms with Crippen LogP contribution in [0.5, 0.6) is 5.75 Å². The van der Waals surface area contributed by atoms with E-state index in [1.807, 2.05) is 33.9 Å². The molecule has 0 aliphatic carbocycles. The van der Waals surface area contributed by atoms with Gasteiger partial charge in [0, 0.05) is 31.7 Å². The highest BCUT2D eigenvalue weighted by Crippen LogP contribution is 2.32. The summed E-state index contributed by atoms with van der Waals surface area (Å²) in [5.41, 5.74) is 4.23. The summed E-state index contributed by atoms with van der Waals surface area (Å²) in [4.78, 5) is 15.5. The van der Waals surface area contributed by atoms with Crippen LogP contribution in [-0.2, 0) is 10.0 Å². The van der Waals surface area contributed by atoms with Crippen LogP contribution in [0.15, 0.2) is 35.2 Å². The topological polar surface area (TPSA) is 78.9 Å². The predicted octanol–water partition coefficient (Wildman–Crippen LogP) is 3.86. The Morgan fingerprint density at radius 2 is 1.62 bits per heavy atom. The lowest BCUT2D eigenvalue weighted by Crippen LogP contribution is -2.47. The number of hydrogen-bond donors (Lipinski definition) is 1. The van der Waals surface area contributed by atoms with E-state index in [9.17, 15) is 13.2 Å². The van der Waals surface area contributed by atoms with Crippen molar-refractivity contribution in [2.24, 2.45) is 0 Å². The third kappa shape index (κ3) is 5.45. The van der Waals surface area contributed by atoms with E-state index in [1.165, 1.54) is 10.4 Å². The number of likely N-dealkylation sites (N-methyl/N-ethyl adjacent to an activating group) is 1. The number of sulfonamides is 1. The highest BCUT2D eigenvalue weighted by molar-refractivity contribution is 7.89. The van der Waals surface area contributed by atoms with Gasteiger partial charge in [0.05, 0.1) is 18.0 Å². The van der Waals surface area contributed by atoms with Crippen LogP contribution < -0.4 is 10.1 Å². The normalized spacial score (nSPS) is 16.5. The predicted molar refractivity (Wildman–Crippen MR) is 135 cm³/mol. The van der Waals surface area contributed by atoms with Crippen LogP contribution >= 0.6 is 0 Å². The van der Waals surface area contributed by atoms with Crippen LogP contribution in [0.1, 0.15) is 65.3 Å². The molecule has 1 fully saturated rings. The van der Waals surface area contributed by atoms with E-state index in [4.69, 9.17) is 4.74 Å². The lowest BCUT2D eigenvalue weighted by Gasteiger charge is -2.31. The quantitative estimate of drug-likeness (QED) is 0.642. The third-order valence-corrected chi connectivity index (χ3v) is 8.50. The first-order valence-corrected chi connectivity index (χ1v) is 13.2. The molecule has 1 amide bonds.